The molecule has 0 saturated carbocycles. The third kappa shape index (κ3) is 3.58. The summed E-state index contributed by atoms with van der Waals surface area (Å²) in [5.41, 5.74) is 2.73. The smallest absolute Gasteiger partial charge is 0.269 e. The van der Waals surface area contributed by atoms with Crippen LogP contribution in [0.2, 0.25) is 5.02 Å². The number of hydrogen-bond acceptors (Lipinski definition) is 3. The molecule has 0 fully saturated rings. The molecule has 4 rings (SSSR count). The second kappa shape index (κ2) is 7.61. The number of aromatic nitrogens is 1. The summed E-state index contributed by atoms with van der Waals surface area (Å²) in [6, 6.07) is 17.9. The van der Waals surface area contributed by atoms with Crippen molar-refractivity contribution >= 4 is 40.3 Å². The Bertz CT molecular complexity index is 1050. The molecule has 1 aliphatic rings. The standard InChI is InChI=1S/C20H17ClN4O2S/c21-15-5-2-6-16(13-15)22-20(28)24-11-10-23-9-3-8-18(23)19(24)14-4-1-7-17(12-14)25(26)27/h1-9,12-13,19H,10-11H2,(H,22,28)/t19-/m0/s1. The lowest BCUT2D eigenvalue weighted by molar-refractivity contribution is -0.384. The Hall–Kier alpha value is -2.90. The minimum Gasteiger partial charge on any atom is -0.348 e. The van der Waals surface area contributed by atoms with Crippen LogP contribution in [0, 0.1) is 10.1 Å². The number of nitrogens with zero attached hydrogens (tertiary/aromatic N) is 3. The lowest BCUT2D eigenvalue weighted by atomic mass is 10.00. The summed E-state index contributed by atoms with van der Waals surface area (Å²) in [6.45, 7) is 1.46. The van der Waals surface area contributed by atoms with Gasteiger partial charge in [0.25, 0.3) is 5.69 Å². The number of non-ortho nitro benzene ring substituents is 1. The fourth-order valence-corrected chi connectivity index (χ4v) is 4.03. The summed E-state index contributed by atoms with van der Waals surface area (Å²) in [5, 5.41) is 15.7. The van der Waals surface area contributed by atoms with Gasteiger partial charge in [0.2, 0.25) is 0 Å². The van der Waals surface area contributed by atoms with E-state index in [1.54, 1.807) is 18.2 Å². The number of nitro groups is 1. The fourth-order valence-electron chi connectivity index (χ4n) is 3.52. The Kier molecular flexibility index (Phi) is 5.02. The predicted octanol–water partition coefficient (Wildman–Crippen LogP) is 4.85. The molecule has 1 aromatic heterocycles. The SMILES string of the molecule is O=[N+]([O-])c1cccc([C@H]2c3cccn3CCN2C(=S)Nc2cccc(Cl)c2)c1. The molecule has 1 aliphatic heterocycles. The van der Waals surface area contributed by atoms with Gasteiger partial charge in [-0.05, 0) is 48.1 Å². The molecule has 3 aromatic rings. The number of benzene rings is 2. The van der Waals surface area contributed by atoms with Crippen LogP contribution in [-0.2, 0) is 6.54 Å². The first-order valence-electron chi connectivity index (χ1n) is 8.75. The molecule has 0 saturated heterocycles. The third-order valence-corrected chi connectivity index (χ3v) is 5.34. The molecule has 0 spiro atoms. The first-order valence-corrected chi connectivity index (χ1v) is 9.54. The molecule has 0 amide bonds. The zero-order valence-electron chi connectivity index (χ0n) is 14.8. The largest absolute Gasteiger partial charge is 0.348 e. The van der Waals surface area contributed by atoms with E-state index in [0.717, 1.165) is 23.5 Å². The van der Waals surface area contributed by atoms with Gasteiger partial charge in [-0.3, -0.25) is 10.1 Å². The molecule has 0 unspecified atom stereocenters. The number of nitro benzene ring substituents is 1. The van der Waals surface area contributed by atoms with Gasteiger partial charge in [-0.25, -0.2) is 0 Å². The minimum atomic E-state index is -0.377. The second-order valence-electron chi connectivity index (χ2n) is 6.51. The zero-order valence-corrected chi connectivity index (χ0v) is 16.4. The molecule has 0 aliphatic carbocycles. The van der Waals surface area contributed by atoms with Crippen LogP contribution in [0.25, 0.3) is 0 Å². The summed E-state index contributed by atoms with van der Waals surface area (Å²) in [6.07, 6.45) is 2.02. The van der Waals surface area contributed by atoms with Gasteiger partial charge in [0.15, 0.2) is 5.11 Å². The maximum atomic E-state index is 11.3. The van der Waals surface area contributed by atoms with Crippen molar-refractivity contribution < 1.29 is 4.92 Å². The monoisotopic (exact) mass is 412 g/mol. The zero-order chi connectivity index (χ0) is 19.7. The van der Waals surface area contributed by atoms with E-state index in [2.05, 4.69) is 14.8 Å². The van der Waals surface area contributed by atoms with E-state index < -0.39 is 0 Å². The summed E-state index contributed by atoms with van der Waals surface area (Å²) in [5.74, 6) is 0. The Balaban J connectivity index is 1.70. The number of rotatable bonds is 3. The molecule has 6 nitrogen and oxygen atoms in total. The molecular formula is C20H17ClN4O2S. The van der Waals surface area contributed by atoms with E-state index in [9.17, 15) is 10.1 Å². The highest BCUT2D eigenvalue weighted by atomic mass is 35.5. The highest BCUT2D eigenvalue weighted by molar-refractivity contribution is 7.80. The van der Waals surface area contributed by atoms with Gasteiger partial charge < -0.3 is 14.8 Å². The highest BCUT2D eigenvalue weighted by Gasteiger charge is 2.31. The quantitative estimate of drug-likeness (QED) is 0.378. The van der Waals surface area contributed by atoms with E-state index in [1.165, 1.54) is 6.07 Å². The van der Waals surface area contributed by atoms with Crippen molar-refractivity contribution in [2.45, 2.75) is 12.6 Å². The summed E-state index contributed by atoms with van der Waals surface area (Å²) in [4.78, 5) is 12.9. The number of hydrogen-bond donors (Lipinski definition) is 1. The number of nitrogens with one attached hydrogen (secondary N) is 1. The highest BCUT2D eigenvalue weighted by Crippen LogP contribution is 2.34. The van der Waals surface area contributed by atoms with Crippen molar-refractivity contribution in [3.8, 4) is 0 Å². The Morgan fingerprint density at radius 1 is 1.14 bits per heavy atom. The van der Waals surface area contributed by atoms with Crippen molar-refractivity contribution in [2.75, 3.05) is 11.9 Å². The van der Waals surface area contributed by atoms with Crippen LogP contribution >= 0.6 is 23.8 Å². The van der Waals surface area contributed by atoms with Crippen molar-refractivity contribution in [2.24, 2.45) is 0 Å². The van der Waals surface area contributed by atoms with E-state index in [4.69, 9.17) is 23.8 Å². The average molecular weight is 413 g/mol. The summed E-state index contributed by atoms with van der Waals surface area (Å²) >= 11 is 11.8. The van der Waals surface area contributed by atoms with E-state index in [0.29, 0.717) is 16.7 Å². The molecule has 1 atom stereocenters. The summed E-state index contributed by atoms with van der Waals surface area (Å²) < 4.78 is 2.15. The minimum absolute atomic E-state index is 0.0647. The van der Waals surface area contributed by atoms with E-state index in [1.807, 2.05) is 42.6 Å². The van der Waals surface area contributed by atoms with Gasteiger partial charge >= 0.3 is 0 Å². The maximum absolute atomic E-state index is 11.3. The number of anilines is 1. The number of fused-ring (bicyclic) bond motifs is 1. The van der Waals surface area contributed by atoms with Gasteiger partial charge in [-0.2, -0.15) is 0 Å². The molecule has 2 aromatic carbocycles. The third-order valence-electron chi connectivity index (χ3n) is 4.77. The van der Waals surface area contributed by atoms with Crippen LogP contribution in [-0.4, -0.2) is 26.0 Å². The number of halogens is 1. The summed E-state index contributed by atoms with van der Waals surface area (Å²) in [7, 11) is 0. The topological polar surface area (TPSA) is 63.3 Å². The van der Waals surface area contributed by atoms with Crippen molar-refractivity contribution in [1.29, 1.82) is 0 Å². The molecule has 1 N–H and O–H groups in total. The molecule has 142 valence electrons. The van der Waals surface area contributed by atoms with Crippen molar-refractivity contribution in [3.05, 3.63) is 93.3 Å². The predicted molar refractivity (Wildman–Crippen MR) is 114 cm³/mol. The first kappa shape index (κ1) is 18.5. The maximum Gasteiger partial charge on any atom is 0.269 e. The Morgan fingerprint density at radius 3 is 2.75 bits per heavy atom. The second-order valence-corrected chi connectivity index (χ2v) is 7.34. The van der Waals surface area contributed by atoms with Crippen LogP contribution in [0.15, 0.2) is 66.9 Å². The molecule has 8 heteroatoms. The van der Waals surface area contributed by atoms with E-state index in [-0.39, 0.29) is 16.7 Å². The lowest BCUT2D eigenvalue weighted by Gasteiger charge is -2.39. The normalized spacial score (nSPS) is 15.8. The molecule has 2 heterocycles. The van der Waals surface area contributed by atoms with Crippen LogP contribution in [0.1, 0.15) is 17.3 Å². The van der Waals surface area contributed by atoms with Crippen LogP contribution in [0.5, 0.6) is 0 Å². The van der Waals surface area contributed by atoms with Gasteiger partial charge in [0.1, 0.15) is 0 Å². The van der Waals surface area contributed by atoms with Gasteiger partial charge in [0.05, 0.1) is 11.0 Å². The average Bonchev–Trinajstić information content (AvgIpc) is 3.16. The van der Waals surface area contributed by atoms with Crippen molar-refractivity contribution in [1.82, 2.24) is 9.47 Å². The molecule has 0 radical (unpaired) electrons. The van der Waals surface area contributed by atoms with Gasteiger partial charge in [-0.1, -0.05) is 29.8 Å². The number of thiocarbonyl (C=S) groups is 1. The molecular weight excluding hydrogens is 396 g/mol. The van der Waals surface area contributed by atoms with Crippen LogP contribution < -0.4 is 5.32 Å². The van der Waals surface area contributed by atoms with Gasteiger partial charge in [0, 0.05) is 47.8 Å². The molecule has 0 bridgehead atoms. The lowest BCUT2D eigenvalue weighted by Crippen LogP contribution is -2.44. The van der Waals surface area contributed by atoms with Crippen LogP contribution in [0.3, 0.4) is 0 Å². The Labute approximate surface area is 172 Å². The van der Waals surface area contributed by atoms with Crippen LogP contribution in [0.4, 0.5) is 11.4 Å². The van der Waals surface area contributed by atoms with Crippen molar-refractivity contribution in [3.63, 3.8) is 0 Å². The first-order chi connectivity index (χ1) is 13.5. The molecule has 28 heavy (non-hydrogen) atoms. The Morgan fingerprint density at radius 2 is 1.96 bits per heavy atom. The van der Waals surface area contributed by atoms with Gasteiger partial charge in [-0.15, -0.1) is 0 Å². The van der Waals surface area contributed by atoms with E-state index >= 15 is 0 Å². The fraction of sp³-hybridized carbons (Fsp3) is 0.150.